The van der Waals surface area contributed by atoms with E-state index in [2.05, 4.69) is 66.2 Å². The van der Waals surface area contributed by atoms with Gasteiger partial charge in [-0.2, -0.15) is 0 Å². The second-order valence-electron chi connectivity index (χ2n) is 10.3. The summed E-state index contributed by atoms with van der Waals surface area (Å²) in [7, 11) is 3.19. The number of fused-ring (bicyclic) bond motifs is 1. The van der Waals surface area contributed by atoms with E-state index < -0.39 is 0 Å². The van der Waals surface area contributed by atoms with Gasteiger partial charge in [0.05, 0.1) is 38.2 Å². The maximum atomic E-state index is 12.4. The van der Waals surface area contributed by atoms with Crippen LogP contribution in [0.5, 0.6) is 17.2 Å². The van der Waals surface area contributed by atoms with Crippen LogP contribution in [0.15, 0.2) is 66.7 Å². The number of carbonyl (C=O) groups excluding carboxylic acids is 1. The predicted molar refractivity (Wildman–Crippen MR) is 160 cm³/mol. The molecule has 0 unspecified atom stereocenters. The third-order valence-corrected chi connectivity index (χ3v) is 7.08. The average Bonchev–Trinajstić information content (AvgIpc) is 3.32. The van der Waals surface area contributed by atoms with Crippen LogP contribution < -0.4 is 19.5 Å². The molecular weight excluding hydrogens is 502 g/mol. The van der Waals surface area contributed by atoms with Crippen LogP contribution in [0.1, 0.15) is 56.0 Å². The summed E-state index contributed by atoms with van der Waals surface area (Å²) in [5.41, 5.74) is 4.36. The highest BCUT2D eigenvalue weighted by Gasteiger charge is 2.11. The van der Waals surface area contributed by atoms with Crippen LogP contribution in [0, 0.1) is 0 Å². The zero-order valence-electron chi connectivity index (χ0n) is 24.1. The van der Waals surface area contributed by atoms with E-state index in [1.165, 1.54) is 5.56 Å². The Hall–Kier alpha value is -4.00. The van der Waals surface area contributed by atoms with Crippen molar-refractivity contribution in [3.63, 3.8) is 0 Å². The van der Waals surface area contributed by atoms with Gasteiger partial charge >= 0.3 is 0 Å². The maximum absolute atomic E-state index is 12.4. The van der Waals surface area contributed by atoms with E-state index >= 15 is 0 Å². The summed E-state index contributed by atoms with van der Waals surface area (Å²) in [5.74, 6) is 3.78. The number of aromatic nitrogens is 2. The lowest BCUT2D eigenvalue weighted by Crippen LogP contribution is -2.26. The van der Waals surface area contributed by atoms with Crippen molar-refractivity contribution in [3.8, 4) is 17.2 Å². The van der Waals surface area contributed by atoms with E-state index in [0.717, 1.165) is 60.4 Å². The molecule has 0 atom stereocenters. The second kappa shape index (κ2) is 14.4. The van der Waals surface area contributed by atoms with Gasteiger partial charge < -0.3 is 24.1 Å². The van der Waals surface area contributed by atoms with Gasteiger partial charge in [-0.05, 0) is 66.3 Å². The lowest BCUT2D eigenvalue weighted by atomic mass is 10.0. The largest absolute Gasteiger partial charge is 0.493 e. The molecule has 0 aliphatic heterocycles. The summed E-state index contributed by atoms with van der Waals surface area (Å²) < 4.78 is 18.9. The van der Waals surface area contributed by atoms with Crippen molar-refractivity contribution < 1.29 is 19.0 Å². The molecule has 1 amide bonds. The fourth-order valence-corrected chi connectivity index (χ4v) is 4.82. The summed E-state index contributed by atoms with van der Waals surface area (Å²) >= 11 is 0. The Morgan fingerprint density at radius 3 is 2.45 bits per heavy atom. The van der Waals surface area contributed by atoms with Crippen molar-refractivity contribution in [1.29, 1.82) is 0 Å². The molecule has 7 heteroatoms. The number of methoxy groups -OCH3 is 2. The van der Waals surface area contributed by atoms with Crippen LogP contribution in [0.4, 0.5) is 0 Å². The van der Waals surface area contributed by atoms with Crippen LogP contribution in [-0.4, -0.2) is 42.8 Å². The number of para-hydroxylation sites is 2. The van der Waals surface area contributed by atoms with Gasteiger partial charge in [0.15, 0.2) is 11.5 Å². The summed E-state index contributed by atoms with van der Waals surface area (Å²) in [4.78, 5) is 17.3. The predicted octanol–water partition coefficient (Wildman–Crippen LogP) is 6.33. The third-order valence-electron chi connectivity index (χ3n) is 7.08. The molecule has 1 aromatic heterocycles. The number of hydrogen-bond donors (Lipinski definition) is 1. The maximum Gasteiger partial charge on any atom is 0.224 e. The second-order valence-corrected chi connectivity index (χ2v) is 10.3. The SMILES string of the molecule is COc1ccc(CC(=O)NCCCCCc2nc3ccccc3n2CCOc2ccc(C(C)C)cc2)cc1OC. The van der Waals surface area contributed by atoms with E-state index in [4.69, 9.17) is 19.2 Å². The first-order valence-corrected chi connectivity index (χ1v) is 14.1. The molecule has 0 saturated carbocycles. The summed E-state index contributed by atoms with van der Waals surface area (Å²) in [6, 6.07) is 22.2. The first kappa shape index (κ1) is 29.0. The number of rotatable bonds is 15. The van der Waals surface area contributed by atoms with E-state index in [-0.39, 0.29) is 5.91 Å². The van der Waals surface area contributed by atoms with E-state index in [1.807, 2.05) is 24.3 Å². The lowest BCUT2D eigenvalue weighted by Gasteiger charge is -2.12. The number of ether oxygens (including phenoxy) is 3. The fraction of sp³-hybridized carbons (Fsp3) is 0.394. The van der Waals surface area contributed by atoms with Gasteiger partial charge in [-0.25, -0.2) is 4.98 Å². The first-order chi connectivity index (χ1) is 19.5. The molecule has 7 nitrogen and oxygen atoms in total. The fourth-order valence-electron chi connectivity index (χ4n) is 4.82. The Kier molecular flexibility index (Phi) is 10.4. The minimum atomic E-state index is 0.00728. The van der Waals surface area contributed by atoms with Crippen LogP contribution in [0.3, 0.4) is 0 Å². The molecule has 0 aliphatic carbocycles. The zero-order chi connectivity index (χ0) is 28.3. The minimum Gasteiger partial charge on any atom is -0.493 e. The highest BCUT2D eigenvalue weighted by atomic mass is 16.5. The zero-order valence-corrected chi connectivity index (χ0v) is 24.1. The summed E-state index contributed by atoms with van der Waals surface area (Å²) in [5, 5.41) is 3.03. The molecule has 0 bridgehead atoms. The number of nitrogens with one attached hydrogen (secondary N) is 1. The normalized spacial score (nSPS) is 11.1. The Labute approximate surface area is 237 Å². The Morgan fingerprint density at radius 1 is 0.925 bits per heavy atom. The molecule has 1 N–H and O–H groups in total. The summed E-state index contributed by atoms with van der Waals surface area (Å²) in [6.07, 6.45) is 4.14. The standard InChI is InChI=1S/C33H41N3O4/c1-24(2)26-14-16-27(17-15-26)40-21-20-36-29-11-8-7-10-28(29)35-32(36)12-6-5-9-19-34-33(37)23-25-13-18-30(38-3)31(22-25)39-4/h7-8,10-11,13-18,22,24H,5-6,9,12,19-21,23H2,1-4H3,(H,34,37). The van der Waals surface area contributed by atoms with Crippen molar-refractivity contribution in [3.05, 3.63) is 83.7 Å². The van der Waals surface area contributed by atoms with Gasteiger partial charge in [-0.15, -0.1) is 0 Å². The molecule has 4 rings (SSSR count). The molecule has 0 saturated heterocycles. The Morgan fingerprint density at radius 2 is 1.70 bits per heavy atom. The van der Waals surface area contributed by atoms with Crippen LogP contribution in [-0.2, 0) is 24.2 Å². The van der Waals surface area contributed by atoms with Gasteiger partial charge in [-0.1, -0.05) is 50.6 Å². The average molecular weight is 544 g/mol. The topological polar surface area (TPSA) is 74.6 Å². The van der Waals surface area contributed by atoms with Crippen molar-refractivity contribution in [2.24, 2.45) is 0 Å². The van der Waals surface area contributed by atoms with Crippen molar-refractivity contribution >= 4 is 16.9 Å². The number of nitrogens with zero attached hydrogens (tertiary/aromatic N) is 2. The van der Waals surface area contributed by atoms with Crippen molar-refractivity contribution in [2.45, 2.75) is 58.4 Å². The van der Waals surface area contributed by atoms with Crippen LogP contribution in [0.2, 0.25) is 0 Å². The van der Waals surface area contributed by atoms with E-state index in [1.54, 1.807) is 14.2 Å². The van der Waals surface area contributed by atoms with Gasteiger partial charge in [0.2, 0.25) is 5.91 Å². The van der Waals surface area contributed by atoms with Gasteiger partial charge in [0.25, 0.3) is 0 Å². The number of unbranched alkanes of at least 4 members (excludes halogenated alkanes) is 2. The molecule has 0 spiro atoms. The third kappa shape index (κ3) is 7.78. The van der Waals surface area contributed by atoms with Crippen LogP contribution in [0.25, 0.3) is 11.0 Å². The van der Waals surface area contributed by atoms with Crippen molar-refractivity contribution in [2.75, 3.05) is 27.4 Å². The highest BCUT2D eigenvalue weighted by Crippen LogP contribution is 2.27. The molecule has 0 radical (unpaired) electrons. The number of amides is 1. The molecule has 4 aromatic rings. The number of benzene rings is 3. The Bertz CT molecular complexity index is 1380. The first-order valence-electron chi connectivity index (χ1n) is 14.1. The van der Waals surface area contributed by atoms with Gasteiger partial charge in [0.1, 0.15) is 18.2 Å². The number of hydrogen-bond acceptors (Lipinski definition) is 5. The molecule has 0 aliphatic rings. The smallest absolute Gasteiger partial charge is 0.224 e. The number of imidazole rings is 1. The number of aryl methyl sites for hydroxylation is 1. The minimum absolute atomic E-state index is 0.00728. The van der Waals surface area contributed by atoms with Crippen molar-refractivity contribution in [1.82, 2.24) is 14.9 Å². The molecule has 0 fully saturated rings. The highest BCUT2D eigenvalue weighted by molar-refractivity contribution is 5.78. The van der Waals surface area contributed by atoms with Gasteiger partial charge in [0, 0.05) is 13.0 Å². The molecule has 40 heavy (non-hydrogen) atoms. The van der Waals surface area contributed by atoms with E-state index in [9.17, 15) is 4.79 Å². The van der Waals surface area contributed by atoms with Crippen LogP contribution >= 0.6 is 0 Å². The lowest BCUT2D eigenvalue weighted by molar-refractivity contribution is -0.120. The monoisotopic (exact) mass is 543 g/mol. The quantitative estimate of drug-likeness (QED) is 0.177. The molecule has 3 aromatic carbocycles. The molecule has 1 heterocycles. The number of carbonyl (C=O) groups is 1. The molecule has 212 valence electrons. The van der Waals surface area contributed by atoms with Gasteiger partial charge in [-0.3, -0.25) is 4.79 Å². The van der Waals surface area contributed by atoms with E-state index in [0.29, 0.717) is 37.0 Å². The molecular formula is C33H41N3O4. The Balaban J connectivity index is 1.22. The summed E-state index contributed by atoms with van der Waals surface area (Å²) in [6.45, 7) is 6.37.